The number of carbonyl (C=O) groups is 1. The van der Waals surface area contributed by atoms with Crippen LogP contribution in [0.5, 0.6) is 5.75 Å². The second-order valence-electron chi connectivity index (χ2n) is 4.42. The topological polar surface area (TPSA) is 58.6 Å². The number of phenols is 1. The third-order valence-electron chi connectivity index (χ3n) is 3.01. The molecular formula is C16H17NO3. The Morgan fingerprint density at radius 3 is 2.45 bits per heavy atom. The number of nitrogens with one attached hydrogen (secondary N) is 1. The fourth-order valence-corrected chi connectivity index (χ4v) is 1.88. The van der Waals surface area contributed by atoms with Gasteiger partial charge in [-0.3, -0.25) is 0 Å². The summed E-state index contributed by atoms with van der Waals surface area (Å²) in [7, 11) is 1.37. The molecule has 0 spiro atoms. The monoisotopic (exact) mass is 271 g/mol. The van der Waals surface area contributed by atoms with Gasteiger partial charge in [-0.15, -0.1) is 0 Å². The molecule has 0 saturated heterocycles. The third-order valence-corrected chi connectivity index (χ3v) is 3.01. The van der Waals surface area contributed by atoms with E-state index in [4.69, 9.17) is 0 Å². The summed E-state index contributed by atoms with van der Waals surface area (Å²) >= 11 is 0. The van der Waals surface area contributed by atoms with Gasteiger partial charge in [-0.05, 0) is 23.8 Å². The lowest BCUT2D eigenvalue weighted by atomic mass is 10.1. The molecule has 0 fully saturated rings. The van der Waals surface area contributed by atoms with Crippen LogP contribution in [0.4, 0.5) is 0 Å². The van der Waals surface area contributed by atoms with Crippen molar-refractivity contribution < 1.29 is 14.6 Å². The van der Waals surface area contributed by atoms with Crippen molar-refractivity contribution in [3.8, 4) is 5.75 Å². The van der Waals surface area contributed by atoms with Crippen molar-refractivity contribution in [1.82, 2.24) is 5.32 Å². The standard InChI is InChI=1S/C16H17NO3/c1-20-16(19)13-8-6-12(7-9-13)10-17-11-14-4-2-3-5-15(14)18/h2-9,17-18H,10-11H2,1H3. The third kappa shape index (κ3) is 3.59. The highest BCUT2D eigenvalue weighted by molar-refractivity contribution is 5.89. The van der Waals surface area contributed by atoms with E-state index in [1.165, 1.54) is 7.11 Å². The highest BCUT2D eigenvalue weighted by Gasteiger charge is 2.04. The van der Waals surface area contributed by atoms with E-state index in [-0.39, 0.29) is 5.97 Å². The number of ether oxygens (including phenoxy) is 1. The maximum Gasteiger partial charge on any atom is 0.337 e. The van der Waals surface area contributed by atoms with Crippen LogP contribution in [0.3, 0.4) is 0 Å². The van der Waals surface area contributed by atoms with E-state index < -0.39 is 0 Å². The first-order valence-electron chi connectivity index (χ1n) is 6.35. The number of hydrogen-bond acceptors (Lipinski definition) is 4. The minimum Gasteiger partial charge on any atom is -0.508 e. The lowest BCUT2D eigenvalue weighted by Gasteiger charge is -2.07. The number of hydrogen-bond donors (Lipinski definition) is 2. The van der Waals surface area contributed by atoms with Crippen molar-refractivity contribution in [1.29, 1.82) is 0 Å². The van der Waals surface area contributed by atoms with Gasteiger partial charge < -0.3 is 15.2 Å². The van der Waals surface area contributed by atoms with Gasteiger partial charge in [-0.1, -0.05) is 30.3 Å². The van der Waals surface area contributed by atoms with E-state index in [0.29, 0.717) is 24.4 Å². The highest BCUT2D eigenvalue weighted by atomic mass is 16.5. The number of esters is 1. The van der Waals surface area contributed by atoms with Crippen molar-refractivity contribution in [2.45, 2.75) is 13.1 Å². The van der Waals surface area contributed by atoms with Crippen LogP contribution < -0.4 is 5.32 Å². The number of carbonyl (C=O) groups excluding carboxylic acids is 1. The van der Waals surface area contributed by atoms with Gasteiger partial charge in [0, 0.05) is 18.7 Å². The first-order chi connectivity index (χ1) is 9.70. The second-order valence-corrected chi connectivity index (χ2v) is 4.42. The van der Waals surface area contributed by atoms with Crippen LogP contribution >= 0.6 is 0 Å². The molecule has 2 N–H and O–H groups in total. The predicted molar refractivity (Wildman–Crippen MR) is 76.4 cm³/mol. The van der Waals surface area contributed by atoms with Crippen LogP contribution in [0.1, 0.15) is 21.5 Å². The number of para-hydroxylation sites is 1. The molecule has 0 aromatic heterocycles. The Balaban J connectivity index is 1.88. The van der Waals surface area contributed by atoms with Gasteiger partial charge in [0.05, 0.1) is 12.7 Å². The predicted octanol–water partition coefficient (Wildman–Crippen LogP) is 2.47. The lowest BCUT2D eigenvalue weighted by Crippen LogP contribution is -2.13. The molecule has 104 valence electrons. The lowest BCUT2D eigenvalue weighted by molar-refractivity contribution is 0.0600. The molecule has 0 aliphatic carbocycles. The molecule has 4 nitrogen and oxygen atoms in total. The second kappa shape index (κ2) is 6.73. The Kier molecular flexibility index (Phi) is 4.74. The van der Waals surface area contributed by atoms with Gasteiger partial charge in [0.2, 0.25) is 0 Å². The van der Waals surface area contributed by atoms with Crippen LogP contribution in [-0.2, 0) is 17.8 Å². The van der Waals surface area contributed by atoms with Crippen LogP contribution in [0, 0.1) is 0 Å². The van der Waals surface area contributed by atoms with E-state index in [1.807, 2.05) is 24.3 Å². The van der Waals surface area contributed by atoms with Crippen LogP contribution in [0.25, 0.3) is 0 Å². The smallest absolute Gasteiger partial charge is 0.337 e. The highest BCUT2D eigenvalue weighted by Crippen LogP contribution is 2.15. The summed E-state index contributed by atoms with van der Waals surface area (Å²) in [6, 6.07) is 14.5. The molecule has 2 rings (SSSR count). The summed E-state index contributed by atoms with van der Waals surface area (Å²) < 4.78 is 4.65. The van der Waals surface area contributed by atoms with E-state index in [1.54, 1.807) is 24.3 Å². The number of methoxy groups -OCH3 is 1. The Morgan fingerprint density at radius 1 is 1.10 bits per heavy atom. The summed E-state index contributed by atoms with van der Waals surface area (Å²) in [5, 5.41) is 12.9. The maximum absolute atomic E-state index is 11.3. The SMILES string of the molecule is COC(=O)c1ccc(CNCc2ccccc2O)cc1. The summed E-state index contributed by atoms with van der Waals surface area (Å²) in [5.41, 5.74) is 2.46. The molecule has 2 aromatic carbocycles. The van der Waals surface area contributed by atoms with Crippen LogP contribution in [0.15, 0.2) is 48.5 Å². The van der Waals surface area contributed by atoms with Crippen molar-refractivity contribution >= 4 is 5.97 Å². The minimum absolute atomic E-state index is 0.293. The number of phenolic OH excluding ortho intramolecular Hbond substituents is 1. The summed E-state index contributed by atoms with van der Waals surface area (Å²) in [4.78, 5) is 11.3. The molecule has 0 radical (unpaired) electrons. The fourth-order valence-electron chi connectivity index (χ4n) is 1.88. The number of rotatable bonds is 5. The van der Waals surface area contributed by atoms with Crippen molar-refractivity contribution in [3.05, 3.63) is 65.2 Å². The normalized spacial score (nSPS) is 10.2. The van der Waals surface area contributed by atoms with Gasteiger partial charge in [0.1, 0.15) is 5.75 Å². The van der Waals surface area contributed by atoms with E-state index in [9.17, 15) is 9.90 Å². The largest absolute Gasteiger partial charge is 0.508 e. The quantitative estimate of drug-likeness (QED) is 0.820. The van der Waals surface area contributed by atoms with Gasteiger partial charge in [-0.2, -0.15) is 0 Å². The zero-order valence-corrected chi connectivity index (χ0v) is 11.3. The summed E-state index contributed by atoms with van der Waals surface area (Å²) in [5.74, 6) is -0.0419. The zero-order valence-electron chi connectivity index (χ0n) is 11.3. The maximum atomic E-state index is 11.3. The average Bonchev–Trinajstić information content (AvgIpc) is 2.49. The van der Waals surface area contributed by atoms with Crippen LogP contribution in [0.2, 0.25) is 0 Å². The van der Waals surface area contributed by atoms with Crippen molar-refractivity contribution in [2.75, 3.05) is 7.11 Å². The molecule has 0 bridgehead atoms. The Labute approximate surface area is 118 Å². The van der Waals surface area contributed by atoms with Gasteiger partial charge in [0.15, 0.2) is 0 Å². The first kappa shape index (κ1) is 14.1. The molecule has 0 amide bonds. The molecule has 2 aromatic rings. The summed E-state index contributed by atoms with van der Waals surface area (Å²) in [6.45, 7) is 1.25. The molecular weight excluding hydrogens is 254 g/mol. The van der Waals surface area contributed by atoms with E-state index >= 15 is 0 Å². The first-order valence-corrected chi connectivity index (χ1v) is 6.35. The van der Waals surface area contributed by atoms with Gasteiger partial charge >= 0.3 is 5.97 Å². The van der Waals surface area contributed by atoms with E-state index in [2.05, 4.69) is 10.1 Å². The van der Waals surface area contributed by atoms with Crippen molar-refractivity contribution in [2.24, 2.45) is 0 Å². The Hall–Kier alpha value is -2.33. The molecule has 0 saturated carbocycles. The minimum atomic E-state index is -0.335. The average molecular weight is 271 g/mol. The number of aromatic hydroxyl groups is 1. The summed E-state index contributed by atoms with van der Waals surface area (Å²) in [6.07, 6.45) is 0. The molecule has 0 unspecified atom stereocenters. The molecule has 0 aliphatic heterocycles. The molecule has 20 heavy (non-hydrogen) atoms. The zero-order chi connectivity index (χ0) is 14.4. The fraction of sp³-hybridized carbons (Fsp3) is 0.188. The molecule has 0 heterocycles. The van der Waals surface area contributed by atoms with Gasteiger partial charge in [-0.25, -0.2) is 4.79 Å². The van der Waals surface area contributed by atoms with Crippen LogP contribution in [-0.4, -0.2) is 18.2 Å². The molecule has 4 heteroatoms. The molecule has 0 atom stereocenters. The van der Waals surface area contributed by atoms with E-state index in [0.717, 1.165) is 11.1 Å². The number of benzene rings is 2. The van der Waals surface area contributed by atoms with Gasteiger partial charge in [0.25, 0.3) is 0 Å². The van der Waals surface area contributed by atoms with Crippen molar-refractivity contribution in [3.63, 3.8) is 0 Å². The molecule has 0 aliphatic rings. The Bertz CT molecular complexity index is 579. The Morgan fingerprint density at radius 2 is 1.80 bits per heavy atom.